The van der Waals surface area contributed by atoms with Crippen LogP contribution in [0.15, 0.2) is 89.8 Å². The number of rotatable bonds is 7. The lowest BCUT2D eigenvalue weighted by molar-refractivity contribution is -0.113. The fourth-order valence-electron chi connectivity index (χ4n) is 4.59. The maximum atomic E-state index is 12.8. The summed E-state index contributed by atoms with van der Waals surface area (Å²) < 4.78 is 0. The van der Waals surface area contributed by atoms with Crippen LogP contribution in [-0.2, 0) is 17.6 Å². The Hall–Kier alpha value is -3.64. The molecule has 0 saturated carbocycles. The molecule has 1 atom stereocenters. The van der Waals surface area contributed by atoms with Crippen LogP contribution in [0.2, 0.25) is 0 Å². The molecular weight excluding hydrogens is 529 g/mol. The number of para-hydroxylation sites is 1. The number of nitrogens with one attached hydrogen (secondary N) is 3. The second-order valence-corrected chi connectivity index (χ2v) is 11.5. The molecule has 8 heteroatoms. The molecule has 0 spiro atoms. The third kappa shape index (κ3) is 6.43. The lowest BCUT2D eigenvalue weighted by atomic mass is 9.83. The van der Waals surface area contributed by atoms with Crippen molar-refractivity contribution in [3.63, 3.8) is 0 Å². The fourth-order valence-corrected chi connectivity index (χ4v) is 6.88. The fraction of sp³-hybridized carbons (Fsp3) is 0.167. The quantitative estimate of drug-likeness (QED) is 0.163. The first-order valence-electron chi connectivity index (χ1n) is 12.3. The van der Waals surface area contributed by atoms with Gasteiger partial charge in [0.05, 0.1) is 11.3 Å². The average molecular weight is 555 g/mol. The molecule has 0 bridgehead atoms. The number of fused-ring (bicyclic) bond motifs is 1. The van der Waals surface area contributed by atoms with Gasteiger partial charge in [0.2, 0.25) is 5.91 Å². The molecule has 0 fully saturated rings. The molecular formula is C30H26N4OS3. The number of hydrogen-bond acceptors (Lipinski definition) is 5. The van der Waals surface area contributed by atoms with E-state index < -0.39 is 0 Å². The van der Waals surface area contributed by atoms with Crippen LogP contribution in [0.25, 0.3) is 0 Å². The van der Waals surface area contributed by atoms with Gasteiger partial charge in [0.1, 0.15) is 11.1 Å². The number of thioether (sulfide) groups is 1. The van der Waals surface area contributed by atoms with Gasteiger partial charge in [-0.05, 0) is 78.9 Å². The van der Waals surface area contributed by atoms with Crippen molar-refractivity contribution in [3.05, 3.63) is 106 Å². The van der Waals surface area contributed by atoms with E-state index in [1.165, 1.54) is 22.2 Å². The van der Waals surface area contributed by atoms with Gasteiger partial charge in [0.25, 0.3) is 0 Å². The Labute approximate surface area is 236 Å². The monoisotopic (exact) mass is 554 g/mol. The molecule has 190 valence electrons. The highest BCUT2D eigenvalue weighted by atomic mass is 32.2. The lowest BCUT2D eigenvalue weighted by Crippen LogP contribution is -2.19. The molecule has 1 amide bonds. The van der Waals surface area contributed by atoms with E-state index in [0.717, 1.165) is 41.1 Å². The Kier molecular flexibility index (Phi) is 8.39. The minimum Gasteiger partial charge on any atom is -0.332 e. The van der Waals surface area contributed by atoms with Gasteiger partial charge in [-0.3, -0.25) is 4.79 Å². The number of benzene rings is 3. The van der Waals surface area contributed by atoms with Crippen LogP contribution in [0.5, 0.6) is 0 Å². The Morgan fingerprint density at radius 1 is 0.974 bits per heavy atom. The summed E-state index contributed by atoms with van der Waals surface area (Å²) in [5, 5.41) is 20.4. The third-order valence-corrected chi connectivity index (χ3v) is 8.76. The summed E-state index contributed by atoms with van der Waals surface area (Å²) in [5.74, 6) is 0.574. The number of nitrogens with zero attached hydrogens (tertiary/aromatic N) is 1. The standard InChI is InChI=1S/C30H26N4OS3/c31-18-26-25-15-14-21(20-8-3-1-4-9-20)16-27(25)38-29(26)34-28(35)19-37-24-13-7-12-23(17-24)33-30(36)32-22-10-5-2-6-11-22/h1-13,17,21H,14-16,19H2,(H,34,35)(H2,32,33,36). The first kappa shape index (κ1) is 26.0. The zero-order valence-corrected chi connectivity index (χ0v) is 23.0. The van der Waals surface area contributed by atoms with Crippen LogP contribution in [0.3, 0.4) is 0 Å². The van der Waals surface area contributed by atoms with E-state index in [2.05, 4.69) is 46.3 Å². The summed E-state index contributed by atoms with van der Waals surface area (Å²) in [6, 6.07) is 30.4. The Morgan fingerprint density at radius 2 is 1.68 bits per heavy atom. The smallest absolute Gasteiger partial charge is 0.235 e. The van der Waals surface area contributed by atoms with E-state index in [9.17, 15) is 10.1 Å². The second-order valence-electron chi connectivity index (χ2n) is 8.98. The number of thiophene rings is 1. The number of hydrogen-bond donors (Lipinski definition) is 3. The van der Waals surface area contributed by atoms with Gasteiger partial charge in [0.15, 0.2) is 5.11 Å². The number of carbonyl (C=O) groups excluding carboxylic acids is 1. The van der Waals surface area contributed by atoms with Gasteiger partial charge in [-0.2, -0.15) is 5.26 Å². The highest BCUT2D eigenvalue weighted by Gasteiger charge is 2.27. The van der Waals surface area contributed by atoms with E-state index >= 15 is 0 Å². The Morgan fingerprint density at radius 3 is 2.45 bits per heavy atom. The SMILES string of the molecule is N#Cc1c(NC(=O)CSc2cccc(NC(=S)Nc3ccccc3)c2)sc2c1CCC(c1ccccc1)C2. The van der Waals surface area contributed by atoms with Gasteiger partial charge in [0, 0.05) is 21.1 Å². The van der Waals surface area contributed by atoms with Crippen LogP contribution in [-0.4, -0.2) is 16.8 Å². The number of carbonyl (C=O) groups is 1. The molecule has 0 saturated heterocycles. The molecule has 1 heterocycles. The second kappa shape index (κ2) is 12.3. The van der Waals surface area contributed by atoms with Crippen molar-refractivity contribution in [2.45, 2.75) is 30.1 Å². The topological polar surface area (TPSA) is 77.0 Å². The molecule has 0 radical (unpaired) electrons. The number of thiocarbonyl (C=S) groups is 1. The Balaban J connectivity index is 1.18. The van der Waals surface area contributed by atoms with Crippen molar-refractivity contribution in [2.24, 2.45) is 0 Å². The summed E-state index contributed by atoms with van der Waals surface area (Å²) >= 11 is 8.41. The molecule has 0 aliphatic heterocycles. The number of nitriles is 1. The van der Waals surface area contributed by atoms with Crippen LogP contribution < -0.4 is 16.0 Å². The maximum Gasteiger partial charge on any atom is 0.235 e. The summed E-state index contributed by atoms with van der Waals surface area (Å²) in [6.45, 7) is 0. The van der Waals surface area contributed by atoms with E-state index in [4.69, 9.17) is 12.2 Å². The first-order valence-corrected chi connectivity index (χ1v) is 14.6. The van der Waals surface area contributed by atoms with E-state index in [1.807, 2.05) is 60.7 Å². The molecule has 3 aromatic carbocycles. The predicted octanol–water partition coefficient (Wildman–Crippen LogP) is 7.43. The average Bonchev–Trinajstić information content (AvgIpc) is 3.29. The summed E-state index contributed by atoms with van der Waals surface area (Å²) in [6.07, 6.45) is 2.78. The van der Waals surface area contributed by atoms with E-state index in [-0.39, 0.29) is 11.7 Å². The highest BCUT2D eigenvalue weighted by molar-refractivity contribution is 8.00. The Bertz CT molecular complexity index is 1480. The maximum absolute atomic E-state index is 12.8. The van der Waals surface area contributed by atoms with Gasteiger partial charge in [-0.25, -0.2) is 0 Å². The molecule has 1 aliphatic rings. The van der Waals surface area contributed by atoms with Crippen molar-refractivity contribution in [2.75, 3.05) is 21.7 Å². The van der Waals surface area contributed by atoms with Gasteiger partial charge in [-0.1, -0.05) is 54.6 Å². The molecule has 1 unspecified atom stereocenters. The minimum atomic E-state index is -0.121. The summed E-state index contributed by atoms with van der Waals surface area (Å²) in [7, 11) is 0. The number of anilines is 3. The molecule has 1 aromatic heterocycles. The van der Waals surface area contributed by atoms with Crippen LogP contribution in [0.1, 0.15) is 33.9 Å². The van der Waals surface area contributed by atoms with Gasteiger partial charge < -0.3 is 16.0 Å². The molecule has 38 heavy (non-hydrogen) atoms. The van der Waals surface area contributed by atoms with Crippen LogP contribution in [0.4, 0.5) is 16.4 Å². The van der Waals surface area contributed by atoms with Crippen LogP contribution >= 0.6 is 35.3 Å². The van der Waals surface area contributed by atoms with E-state index in [0.29, 0.717) is 21.6 Å². The van der Waals surface area contributed by atoms with Crippen molar-refractivity contribution in [1.29, 1.82) is 5.26 Å². The first-order chi connectivity index (χ1) is 18.6. The molecule has 3 N–H and O–H groups in total. The molecule has 1 aliphatic carbocycles. The molecule has 5 nitrogen and oxygen atoms in total. The highest BCUT2D eigenvalue weighted by Crippen LogP contribution is 2.42. The predicted molar refractivity (Wildman–Crippen MR) is 162 cm³/mol. The zero-order chi connectivity index (χ0) is 26.3. The third-order valence-electron chi connectivity index (χ3n) is 6.39. The zero-order valence-electron chi connectivity index (χ0n) is 20.6. The minimum absolute atomic E-state index is 0.121. The van der Waals surface area contributed by atoms with Crippen molar-refractivity contribution < 1.29 is 4.79 Å². The molecule has 4 aromatic rings. The van der Waals surface area contributed by atoms with Crippen molar-refractivity contribution in [1.82, 2.24) is 0 Å². The molecule has 5 rings (SSSR count). The van der Waals surface area contributed by atoms with Gasteiger partial charge >= 0.3 is 0 Å². The van der Waals surface area contributed by atoms with Crippen molar-refractivity contribution >= 4 is 62.7 Å². The largest absolute Gasteiger partial charge is 0.332 e. The normalized spacial score (nSPS) is 14.1. The van der Waals surface area contributed by atoms with Crippen LogP contribution in [0, 0.1) is 11.3 Å². The summed E-state index contributed by atoms with van der Waals surface area (Å²) in [4.78, 5) is 15.0. The number of amides is 1. The van der Waals surface area contributed by atoms with Crippen molar-refractivity contribution in [3.8, 4) is 6.07 Å². The van der Waals surface area contributed by atoms with Gasteiger partial charge in [-0.15, -0.1) is 23.1 Å². The van der Waals surface area contributed by atoms with E-state index in [1.54, 1.807) is 11.3 Å². The summed E-state index contributed by atoms with van der Waals surface area (Å²) in [5.41, 5.74) is 4.82. The lowest BCUT2D eigenvalue weighted by Gasteiger charge is -2.22.